The number of hydrogen-bond donors (Lipinski definition) is 3. The van der Waals surface area contributed by atoms with E-state index in [1.165, 1.54) is 0 Å². The SMILES string of the molecule is CCCNC(=O)CNCc1cc[nH]c1. The standard InChI is InChI=1S/C10H17N3O/c1-2-4-13-10(14)8-12-7-9-3-5-11-6-9/h3,5-6,11-12H,2,4,7-8H2,1H3,(H,13,14). The smallest absolute Gasteiger partial charge is 0.233 e. The first-order chi connectivity index (χ1) is 6.83. The van der Waals surface area contributed by atoms with E-state index in [1.807, 2.05) is 25.4 Å². The van der Waals surface area contributed by atoms with Crippen LogP contribution >= 0.6 is 0 Å². The van der Waals surface area contributed by atoms with Crippen molar-refractivity contribution in [2.45, 2.75) is 19.9 Å². The summed E-state index contributed by atoms with van der Waals surface area (Å²) in [6.07, 6.45) is 4.76. The molecule has 1 aromatic rings. The second-order valence-electron chi connectivity index (χ2n) is 3.17. The van der Waals surface area contributed by atoms with Crippen LogP contribution in [0.15, 0.2) is 18.5 Å². The van der Waals surface area contributed by atoms with Crippen molar-refractivity contribution in [3.8, 4) is 0 Å². The van der Waals surface area contributed by atoms with E-state index in [0.29, 0.717) is 6.54 Å². The fourth-order valence-corrected chi connectivity index (χ4v) is 1.12. The van der Waals surface area contributed by atoms with Gasteiger partial charge in [-0.1, -0.05) is 6.92 Å². The first kappa shape index (κ1) is 10.8. The molecule has 0 fully saturated rings. The summed E-state index contributed by atoms with van der Waals surface area (Å²) in [4.78, 5) is 14.1. The molecule has 1 aromatic heterocycles. The van der Waals surface area contributed by atoms with Crippen LogP contribution < -0.4 is 10.6 Å². The fraction of sp³-hybridized carbons (Fsp3) is 0.500. The van der Waals surface area contributed by atoms with Gasteiger partial charge in [0.05, 0.1) is 6.54 Å². The molecule has 0 aliphatic carbocycles. The van der Waals surface area contributed by atoms with Crippen molar-refractivity contribution in [1.82, 2.24) is 15.6 Å². The van der Waals surface area contributed by atoms with Crippen molar-refractivity contribution in [3.63, 3.8) is 0 Å². The summed E-state index contributed by atoms with van der Waals surface area (Å²) in [6.45, 7) is 3.90. The van der Waals surface area contributed by atoms with Crippen LogP contribution in [0.5, 0.6) is 0 Å². The number of aromatic amines is 1. The number of aromatic nitrogens is 1. The number of amides is 1. The van der Waals surface area contributed by atoms with Crippen LogP contribution in [0, 0.1) is 0 Å². The van der Waals surface area contributed by atoms with Gasteiger partial charge >= 0.3 is 0 Å². The van der Waals surface area contributed by atoms with Gasteiger partial charge in [0.25, 0.3) is 0 Å². The summed E-state index contributed by atoms with van der Waals surface area (Å²) < 4.78 is 0. The van der Waals surface area contributed by atoms with E-state index in [2.05, 4.69) is 15.6 Å². The molecular weight excluding hydrogens is 178 g/mol. The summed E-state index contributed by atoms with van der Waals surface area (Å²) in [5.41, 5.74) is 1.16. The van der Waals surface area contributed by atoms with E-state index in [1.54, 1.807) is 0 Å². The van der Waals surface area contributed by atoms with Crippen LogP contribution in [0.25, 0.3) is 0 Å². The highest BCUT2D eigenvalue weighted by atomic mass is 16.1. The molecule has 0 aliphatic heterocycles. The Kier molecular flexibility index (Phi) is 4.78. The van der Waals surface area contributed by atoms with Crippen LogP contribution in [0.4, 0.5) is 0 Å². The van der Waals surface area contributed by atoms with E-state index in [4.69, 9.17) is 0 Å². The van der Waals surface area contributed by atoms with Gasteiger partial charge in [0.1, 0.15) is 0 Å². The molecule has 78 valence electrons. The first-order valence-corrected chi connectivity index (χ1v) is 4.92. The van der Waals surface area contributed by atoms with Crippen LogP contribution in [0.1, 0.15) is 18.9 Å². The molecule has 0 aliphatic rings. The van der Waals surface area contributed by atoms with Crippen molar-refractivity contribution in [1.29, 1.82) is 0 Å². The van der Waals surface area contributed by atoms with Crippen molar-refractivity contribution < 1.29 is 4.79 Å². The van der Waals surface area contributed by atoms with Gasteiger partial charge in [0, 0.05) is 25.5 Å². The van der Waals surface area contributed by atoms with Gasteiger partial charge in [-0.3, -0.25) is 4.79 Å². The zero-order valence-corrected chi connectivity index (χ0v) is 8.47. The Morgan fingerprint density at radius 3 is 3.07 bits per heavy atom. The lowest BCUT2D eigenvalue weighted by atomic mass is 10.3. The zero-order chi connectivity index (χ0) is 10.2. The fourth-order valence-electron chi connectivity index (χ4n) is 1.12. The average molecular weight is 195 g/mol. The van der Waals surface area contributed by atoms with E-state index in [-0.39, 0.29) is 5.91 Å². The third-order valence-electron chi connectivity index (χ3n) is 1.85. The highest BCUT2D eigenvalue weighted by Gasteiger charge is 1.98. The lowest BCUT2D eigenvalue weighted by Crippen LogP contribution is -2.33. The maximum absolute atomic E-state index is 11.1. The quantitative estimate of drug-likeness (QED) is 0.623. The third-order valence-corrected chi connectivity index (χ3v) is 1.85. The molecule has 0 bridgehead atoms. The number of H-pyrrole nitrogens is 1. The normalized spacial score (nSPS) is 10.1. The van der Waals surface area contributed by atoms with Crippen molar-refractivity contribution in [3.05, 3.63) is 24.0 Å². The Morgan fingerprint density at radius 2 is 2.43 bits per heavy atom. The van der Waals surface area contributed by atoms with Crippen LogP contribution in [-0.4, -0.2) is 24.0 Å². The Bertz CT molecular complexity index is 256. The molecular formula is C10H17N3O. The maximum Gasteiger partial charge on any atom is 0.233 e. The predicted octanol–water partition coefficient (Wildman–Crippen LogP) is 0.630. The van der Waals surface area contributed by atoms with Gasteiger partial charge in [-0.25, -0.2) is 0 Å². The second kappa shape index (κ2) is 6.21. The molecule has 1 heterocycles. The van der Waals surface area contributed by atoms with Gasteiger partial charge in [0.2, 0.25) is 5.91 Å². The minimum atomic E-state index is 0.0578. The van der Waals surface area contributed by atoms with Crippen LogP contribution in [-0.2, 0) is 11.3 Å². The summed E-state index contributed by atoms with van der Waals surface area (Å²) in [5.74, 6) is 0.0578. The van der Waals surface area contributed by atoms with Gasteiger partial charge in [-0.2, -0.15) is 0 Å². The summed E-state index contributed by atoms with van der Waals surface area (Å²) in [6, 6.07) is 1.98. The highest BCUT2D eigenvalue weighted by molar-refractivity contribution is 5.77. The van der Waals surface area contributed by atoms with Gasteiger partial charge in [-0.15, -0.1) is 0 Å². The topological polar surface area (TPSA) is 56.9 Å². The highest BCUT2D eigenvalue weighted by Crippen LogP contribution is 1.93. The average Bonchev–Trinajstić information content (AvgIpc) is 2.67. The largest absolute Gasteiger partial charge is 0.367 e. The molecule has 0 saturated heterocycles. The van der Waals surface area contributed by atoms with Gasteiger partial charge < -0.3 is 15.6 Å². The molecule has 1 rings (SSSR count). The lowest BCUT2D eigenvalue weighted by molar-refractivity contribution is -0.120. The van der Waals surface area contributed by atoms with Gasteiger partial charge in [-0.05, 0) is 18.1 Å². The molecule has 0 saturated carbocycles. The van der Waals surface area contributed by atoms with Crippen LogP contribution in [0.3, 0.4) is 0 Å². The maximum atomic E-state index is 11.1. The Labute approximate surface area is 84.1 Å². The lowest BCUT2D eigenvalue weighted by Gasteiger charge is -2.04. The molecule has 3 N–H and O–H groups in total. The molecule has 0 unspecified atom stereocenters. The Balaban J connectivity index is 2.06. The summed E-state index contributed by atoms with van der Waals surface area (Å²) >= 11 is 0. The monoisotopic (exact) mass is 195 g/mol. The van der Waals surface area contributed by atoms with E-state index < -0.39 is 0 Å². The molecule has 0 aromatic carbocycles. The molecule has 0 spiro atoms. The molecule has 0 atom stereocenters. The molecule has 4 heteroatoms. The molecule has 0 radical (unpaired) electrons. The second-order valence-corrected chi connectivity index (χ2v) is 3.17. The summed E-state index contributed by atoms with van der Waals surface area (Å²) in [5, 5.41) is 5.87. The molecule has 1 amide bonds. The number of hydrogen-bond acceptors (Lipinski definition) is 2. The first-order valence-electron chi connectivity index (χ1n) is 4.92. The van der Waals surface area contributed by atoms with E-state index in [0.717, 1.165) is 25.1 Å². The predicted molar refractivity (Wildman–Crippen MR) is 55.8 cm³/mol. The van der Waals surface area contributed by atoms with Crippen LogP contribution in [0.2, 0.25) is 0 Å². The minimum Gasteiger partial charge on any atom is -0.367 e. The third kappa shape index (κ3) is 4.09. The Hall–Kier alpha value is -1.29. The van der Waals surface area contributed by atoms with E-state index >= 15 is 0 Å². The van der Waals surface area contributed by atoms with Crippen molar-refractivity contribution >= 4 is 5.91 Å². The van der Waals surface area contributed by atoms with Crippen molar-refractivity contribution in [2.24, 2.45) is 0 Å². The zero-order valence-electron chi connectivity index (χ0n) is 8.47. The van der Waals surface area contributed by atoms with Gasteiger partial charge in [0.15, 0.2) is 0 Å². The number of carbonyl (C=O) groups excluding carboxylic acids is 1. The number of nitrogens with one attached hydrogen (secondary N) is 3. The number of carbonyl (C=O) groups is 1. The molecule has 4 nitrogen and oxygen atoms in total. The van der Waals surface area contributed by atoms with Crippen molar-refractivity contribution in [2.75, 3.05) is 13.1 Å². The Morgan fingerprint density at radius 1 is 1.57 bits per heavy atom. The molecule has 14 heavy (non-hydrogen) atoms. The minimum absolute atomic E-state index is 0.0578. The number of rotatable bonds is 6. The van der Waals surface area contributed by atoms with E-state index in [9.17, 15) is 4.79 Å². The summed E-state index contributed by atoms with van der Waals surface area (Å²) in [7, 11) is 0.